The lowest BCUT2D eigenvalue weighted by molar-refractivity contribution is 0.451. The predicted molar refractivity (Wildman–Crippen MR) is 78.7 cm³/mol. The quantitative estimate of drug-likeness (QED) is 0.772. The molecule has 108 valence electrons. The van der Waals surface area contributed by atoms with Gasteiger partial charge in [-0.25, -0.2) is 9.37 Å². The molecule has 0 bridgehead atoms. The fourth-order valence-corrected chi connectivity index (χ4v) is 2.49. The second kappa shape index (κ2) is 5.09. The molecule has 0 fully saturated rings. The van der Waals surface area contributed by atoms with E-state index in [0.717, 1.165) is 6.42 Å². The third-order valence-electron chi connectivity index (χ3n) is 3.32. The Labute approximate surface area is 121 Å². The minimum Gasteiger partial charge on any atom is -0.508 e. The Bertz CT molecular complexity index is 791. The first-order valence-electron chi connectivity index (χ1n) is 6.77. The summed E-state index contributed by atoms with van der Waals surface area (Å²) < 4.78 is 15.4. The van der Waals surface area contributed by atoms with Crippen molar-refractivity contribution < 1.29 is 14.6 Å². The molecule has 3 aromatic rings. The number of imidazole rings is 1. The molecule has 0 saturated carbocycles. The maximum atomic E-state index is 13.5. The number of halogens is 1. The van der Waals surface area contributed by atoms with Crippen LogP contribution in [0.2, 0.25) is 0 Å². The number of nitrogens with zero attached hydrogens (tertiary/aromatic N) is 2. The van der Waals surface area contributed by atoms with E-state index in [4.69, 9.17) is 0 Å². The minimum atomic E-state index is -0.315. The van der Waals surface area contributed by atoms with Gasteiger partial charge in [0.05, 0.1) is 11.0 Å². The smallest absolute Gasteiger partial charge is 0.141 e. The molecule has 1 heterocycles. The Morgan fingerprint density at radius 1 is 1.10 bits per heavy atom. The number of aryl methyl sites for hydroxylation is 1. The van der Waals surface area contributed by atoms with E-state index >= 15 is 0 Å². The van der Waals surface area contributed by atoms with Gasteiger partial charge < -0.3 is 14.8 Å². The van der Waals surface area contributed by atoms with Crippen LogP contribution in [0, 0.1) is 5.82 Å². The third-order valence-corrected chi connectivity index (χ3v) is 3.32. The normalized spacial score (nSPS) is 11.1. The summed E-state index contributed by atoms with van der Waals surface area (Å²) in [6.45, 7) is 2.69. The summed E-state index contributed by atoms with van der Waals surface area (Å²) >= 11 is 0. The molecule has 0 aliphatic heterocycles. The molecular formula is C16H15FN2O2. The van der Waals surface area contributed by atoms with Crippen molar-refractivity contribution in [1.29, 1.82) is 0 Å². The van der Waals surface area contributed by atoms with Gasteiger partial charge in [0.2, 0.25) is 0 Å². The topological polar surface area (TPSA) is 58.3 Å². The number of benzene rings is 2. The lowest BCUT2D eigenvalue weighted by Crippen LogP contribution is -1.99. The van der Waals surface area contributed by atoms with Crippen LogP contribution in [0.5, 0.6) is 11.5 Å². The fraction of sp³-hybridized carbons (Fsp3) is 0.188. The summed E-state index contributed by atoms with van der Waals surface area (Å²) in [4.78, 5) is 4.50. The lowest BCUT2D eigenvalue weighted by atomic mass is 10.2. The number of aromatic hydroxyl groups is 2. The van der Waals surface area contributed by atoms with Crippen molar-refractivity contribution in [3.8, 4) is 22.9 Å². The number of phenols is 2. The van der Waals surface area contributed by atoms with Crippen LogP contribution < -0.4 is 0 Å². The van der Waals surface area contributed by atoms with E-state index < -0.39 is 0 Å². The van der Waals surface area contributed by atoms with Gasteiger partial charge in [0.1, 0.15) is 23.1 Å². The second-order valence-corrected chi connectivity index (χ2v) is 4.96. The van der Waals surface area contributed by atoms with Gasteiger partial charge in [-0.1, -0.05) is 6.92 Å². The molecule has 0 amide bonds. The number of rotatable bonds is 3. The van der Waals surface area contributed by atoms with Crippen LogP contribution in [0.4, 0.5) is 4.39 Å². The molecule has 21 heavy (non-hydrogen) atoms. The van der Waals surface area contributed by atoms with E-state index in [1.807, 2.05) is 11.5 Å². The number of hydrogen-bond donors (Lipinski definition) is 2. The SMILES string of the molecule is CCCn1c(-c2cc(O)cc(O)c2)nc2ccc(F)cc21. The molecule has 0 aliphatic carbocycles. The Morgan fingerprint density at radius 2 is 1.81 bits per heavy atom. The van der Waals surface area contributed by atoms with Crippen molar-refractivity contribution in [2.75, 3.05) is 0 Å². The maximum Gasteiger partial charge on any atom is 0.141 e. The van der Waals surface area contributed by atoms with Gasteiger partial charge >= 0.3 is 0 Å². The van der Waals surface area contributed by atoms with Gasteiger partial charge in [-0.05, 0) is 36.8 Å². The van der Waals surface area contributed by atoms with Crippen LogP contribution in [-0.4, -0.2) is 19.8 Å². The highest BCUT2D eigenvalue weighted by atomic mass is 19.1. The van der Waals surface area contributed by atoms with Gasteiger partial charge in [0.15, 0.2) is 0 Å². The Balaban J connectivity index is 2.27. The highest BCUT2D eigenvalue weighted by Gasteiger charge is 2.14. The van der Waals surface area contributed by atoms with Crippen molar-refractivity contribution in [1.82, 2.24) is 9.55 Å². The van der Waals surface area contributed by atoms with Crippen molar-refractivity contribution in [3.05, 3.63) is 42.2 Å². The molecule has 3 rings (SSSR count). The maximum absolute atomic E-state index is 13.5. The minimum absolute atomic E-state index is 0.0358. The first-order chi connectivity index (χ1) is 10.1. The lowest BCUT2D eigenvalue weighted by Gasteiger charge is -2.08. The summed E-state index contributed by atoms with van der Waals surface area (Å²) in [7, 11) is 0. The van der Waals surface area contributed by atoms with E-state index in [1.54, 1.807) is 6.07 Å². The van der Waals surface area contributed by atoms with E-state index in [2.05, 4.69) is 4.98 Å². The summed E-state index contributed by atoms with van der Waals surface area (Å²) in [6, 6.07) is 8.77. The molecule has 0 radical (unpaired) electrons. The third kappa shape index (κ3) is 2.42. The number of aromatic nitrogens is 2. The molecule has 4 nitrogen and oxygen atoms in total. The van der Waals surface area contributed by atoms with Crippen LogP contribution in [0.25, 0.3) is 22.4 Å². The largest absolute Gasteiger partial charge is 0.508 e. The Kier molecular flexibility index (Phi) is 3.25. The molecule has 0 atom stereocenters. The fourth-order valence-electron chi connectivity index (χ4n) is 2.49. The number of fused-ring (bicyclic) bond motifs is 1. The highest BCUT2D eigenvalue weighted by molar-refractivity contribution is 5.81. The first kappa shape index (κ1) is 13.4. The van der Waals surface area contributed by atoms with Crippen molar-refractivity contribution >= 4 is 11.0 Å². The molecule has 0 unspecified atom stereocenters. The molecule has 5 heteroatoms. The summed E-state index contributed by atoms with van der Waals surface area (Å²) in [5, 5.41) is 19.3. The average Bonchev–Trinajstić information content (AvgIpc) is 2.77. The molecule has 2 aromatic carbocycles. The molecule has 0 saturated heterocycles. The van der Waals surface area contributed by atoms with E-state index in [9.17, 15) is 14.6 Å². The summed E-state index contributed by atoms with van der Waals surface area (Å²) in [5.41, 5.74) is 1.98. The van der Waals surface area contributed by atoms with E-state index in [1.165, 1.54) is 30.3 Å². The first-order valence-corrected chi connectivity index (χ1v) is 6.77. The zero-order chi connectivity index (χ0) is 15.0. The molecule has 1 aromatic heterocycles. The van der Waals surface area contributed by atoms with Crippen LogP contribution in [0.3, 0.4) is 0 Å². The van der Waals surface area contributed by atoms with E-state index in [0.29, 0.717) is 29.0 Å². The monoisotopic (exact) mass is 286 g/mol. The highest BCUT2D eigenvalue weighted by Crippen LogP contribution is 2.31. The van der Waals surface area contributed by atoms with Gasteiger partial charge in [0, 0.05) is 18.2 Å². The molecular weight excluding hydrogens is 271 g/mol. The Morgan fingerprint density at radius 3 is 2.48 bits per heavy atom. The molecule has 0 spiro atoms. The van der Waals surface area contributed by atoms with Crippen LogP contribution in [-0.2, 0) is 6.54 Å². The van der Waals surface area contributed by atoms with Crippen molar-refractivity contribution in [2.45, 2.75) is 19.9 Å². The number of phenolic OH excluding ortho intramolecular Hbond substituents is 2. The zero-order valence-electron chi connectivity index (χ0n) is 11.5. The van der Waals surface area contributed by atoms with Crippen LogP contribution in [0.1, 0.15) is 13.3 Å². The van der Waals surface area contributed by atoms with Crippen LogP contribution in [0.15, 0.2) is 36.4 Å². The summed E-state index contributed by atoms with van der Waals surface area (Å²) in [6.07, 6.45) is 0.861. The van der Waals surface area contributed by atoms with Crippen molar-refractivity contribution in [2.24, 2.45) is 0 Å². The van der Waals surface area contributed by atoms with Gasteiger partial charge in [-0.2, -0.15) is 0 Å². The number of hydrogen-bond acceptors (Lipinski definition) is 3. The van der Waals surface area contributed by atoms with E-state index in [-0.39, 0.29) is 17.3 Å². The zero-order valence-corrected chi connectivity index (χ0v) is 11.5. The predicted octanol–water partition coefficient (Wildman–Crippen LogP) is 3.66. The van der Waals surface area contributed by atoms with Crippen molar-refractivity contribution in [3.63, 3.8) is 0 Å². The summed E-state index contributed by atoms with van der Waals surface area (Å²) in [5.74, 6) is 0.214. The van der Waals surface area contributed by atoms with Gasteiger partial charge in [0.25, 0.3) is 0 Å². The average molecular weight is 286 g/mol. The van der Waals surface area contributed by atoms with Crippen LogP contribution >= 0.6 is 0 Å². The van der Waals surface area contributed by atoms with Gasteiger partial charge in [-0.15, -0.1) is 0 Å². The standard InChI is InChI=1S/C16H15FN2O2/c1-2-5-19-15-8-11(17)3-4-14(15)18-16(19)10-6-12(20)9-13(21)7-10/h3-4,6-9,20-21H,2,5H2,1H3. The molecule has 2 N–H and O–H groups in total. The Hall–Kier alpha value is -2.56. The second-order valence-electron chi connectivity index (χ2n) is 4.96. The molecule has 0 aliphatic rings. The van der Waals surface area contributed by atoms with Gasteiger partial charge in [-0.3, -0.25) is 0 Å².